The zero-order chi connectivity index (χ0) is 13.0. The van der Waals surface area contributed by atoms with E-state index in [2.05, 4.69) is 0 Å². The summed E-state index contributed by atoms with van der Waals surface area (Å²) < 4.78 is 4.94. The summed E-state index contributed by atoms with van der Waals surface area (Å²) in [6, 6.07) is 9.12. The predicted octanol–water partition coefficient (Wildman–Crippen LogP) is 3.08. The fourth-order valence-electron chi connectivity index (χ4n) is 1.38. The molecule has 1 heterocycles. The van der Waals surface area contributed by atoms with Crippen LogP contribution in [-0.4, -0.2) is 10.7 Å². The van der Waals surface area contributed by atoms with Gasteiger partial charge in [0.15, 0.2) is 5.76 Å². The lowest BCUT2D eigenvalue weighted by Crippen LogP contribution is -1.90. The van der Waals surface area contributed by atoms with Crippen molar-refractivity contribution in [1.82, 2.24) is 0 Å². The van der Waals surface area contributed by atoms with Crippen molar-refractivity contribution in [3.8, 4) is 0 Å². The van der Waals surface area contributed by atoms with Crippen LogP contribution in [0, 0.1) is 10.1 Å². The van der Waals surface area contributed by atoms with Gasteiger partial charge in [0.2, 0.25) is 5.78 Å². The van der Waals surface area contributed by atoms with Crippen LogP contribution in [0.25, 0.3) is 6.08 Å². The third-order valence-corrected chi connectivity index (χ3v) is 2.30. The number of non-ortho nitro benzene ring substituents is 1. The maximum absolute atomic E-state index is 11.6. The lowest BCUT2D eigenvalue weighted by molar-refractivity contribution is -0.384. The number of nitrogens with zero attached hydrogens (tertiary/aromatic N) is 1. The fourth-order valence-corrected chi connectivity index (χ4v) is 1.38. The zero-order valence-corrected chi connectivity index (χ0v) is 9.28. The molecule has 0 atom stereocenters. The monoisotopic (exact) mass is 243 g/mol. The van der Waals surface area contributed by atoms with E-state index >= 15 is 0 Å². The van der Waals surface area contributed by atoms with Crippen molar-refractivity contribution in [2.24, 2.45) is 0 Å². The molecule has 0 aliphatic rings. The van der Waals surface area contributed by atoms with E-state index in [4.69, 9.17) is 4.42 Å². The average Bonchev–Trinajstić information content (AvgIpc) is 2.90. The SMILES string of the molecule is O=C(C=Cc1ccc([N+](=O)[O-])cc1)c1ccco1. The van der Waals surface area contributed by atoms with E-state index in [-0.39, 0.29) is 17.2 Å². The Bertz CT molecular complexity index is 582. The molecule has 5 nitrogen and oxygen atoms in total. The smallest absolute Gasteiger partial charge is 0.269 e. The molecule has 1 aromatic heterocycles. The number of allylic oxidation sites excluding steroid dienone is 1. The van der Waals surface area contributed by atoms with Gasteiger partial charge in [0, 0.05) is 12.1 Å². The van der Waals surface area contributed by atoms with Crippen LogP contribution in [-0.2, 0) is 0 Å². The molecule has 2 rings (SSSR count). The van der Waals surface area contributed by atoms with Gasteiger partial charge >= 0.3 is 0 Å². The fraction of sp³-hybridized carbons (Fsp3) is 0. The summed E-state index contributed by atoms with van der Waals surface area (Å²) in [6.07, 6.45) is 4.36. The number of carbonyl (C=O) groups excluding carboxylic acids is 1. The number of benzene rings is 1. The van der Waals surface area contributed by atoms with E-state index in [0.29, 0.717) is 5.56 Å². The normalized spacial score (nSPS) is 10.7. The Kier molecular flexibility index (Phi) is 3.33. The number of nitro benzene ring substituents is 1. The Balaban J connectivity index is 2.09. The number of hydrogen-bond acceptors (Lipinski definition) is 4. The third kappa shape index (κ3) is 2.70. The second-order valence-electron chi connectivity index (χ2n) is 3.52. The minimum atomic E-state index is -0.471. The second-order valence-corrected chi connectivity index (χ2v) is 3.52. The highest BCUT2D eigenvalue weighted by molar-refractivity contribution is 6.04. The third-order valence-electron chi connectivity index (χ3n) is 2.30. The number of furan rings is 1. The largest absolute Gasteiger partial charge is 0.461 e. The predicted molar refractivity (Wildman–Crippen MR) is 65.2 cm³/mol. The summed E-state index contributed by atoms with van der Waals surface area (Å²) in [5.41, 5.74) is 0.727. The van der Waals surface area contributed by atoms with Gasteiger partial charge in [-0.25, -0.2) is 0 Å². The lowest BCUT2D eigenvalue weighted by atomic mass is 10.1. The lowest BCUT2D eigenvalue weighted by Gasteiger charge is -1.93. The molecule has 0 saturated heterocycles. The number of carbonyl (C=O) groups is 1. The zero-order valence-electron chi connectivity index (χ0n) is 9.28. The molecule has 0 fully saturated rings. The molecule has 18 heavy (non-hydrogen) atoms. The molecule has 0 aliphatic carbocycles. The molecule has 0 aliphatic heterocycles. The molecule has 0 spiro atoms. The van der Waals surface area contributed by atoms with Crippen molar-refractivity contribution in [3.05, 3.63) is 70.2 Å². The first kappa shape index (κ1) is 11.8. The van der Waals surface area contributed by atoms with E-state index in [1.165, 1.54) is 24.5 Å². The van der Waals surface area contributed by atoms with Crippen molar-refractivity contribution in [1.29, 1.82) is 0 Å². The van der Waals surface area contributed by atoms with Crippen LogP contribution < -0.4 is 0 Å². The first-order valence-electron chi connectivity index (χ1n) is 5.17. The maximum Gasteiger partial charge on any atom is 0.269 e. The minimum Gasteiger partial charge on any atom is -0.461 e. The van der Waals surface area contributed by atoms with Crippen LogP contribution in [0.2, 0.25) is 0 Å². The van der Waals surface area contributed by atoms with E-state index in [1.807, 2.05) is 0 Å². The Labute approximate surface area is 103 Å². The molecule has 2 aromatic rings. The highest BCUT2D eigenvalue weighted by Crippen LogP contribution is 2.13. The topological polar surface area (TPSA) is 73.3 Å². The maximum atomic E-state index is 11.6. The summed E-state index contributed by atoms with van der Waals surface area (Å²) in [5.74, 6) is 0.00603. The summed E-state index contributed by atoms with van der Waals surface area (Å²) in [4.78, 5) is 21.5. The van der Waals surface area contributed by atoms with Gasteiger partial charge in [0.1, 0.15) is 0 Å². The Morgan fingerprint density at radius 2 is 1.94 bits per heavy atom. The first-order chi connectivity index (χ1) is 8.66. The molecular weight excluding hydrogens is 234 g/mol. The highest BCUT2D eigenvalue weighted by Gasteiger charge is 2.05. The van der Waals surface area contributed by atoms with E-state index in [0.717, 1.165) is 0 Å². The molecule has 0 radical (unpaired) electrons. The van der Waals surface area contributed by atoms with Gasteiger partial charge in [0.25, 0.3) is 5.69 Å². The Hall–Kier alpha value is -2.69. The van der Waals surface area contributed by atoms with E-state index in [9.17, 15) is 14.9 Å². The molecule has 0 unspecified atom stereocenters. The Morgan fingerprint density at radius 3 is 2.50 bits per heavy atom. The number of hydrogen-bond donors (Lipinski definition) is 0. The number of ketones is 1. The van der Waals surface area contributed by atoms with Crippen LogP contribution in [0.15, 0.2) is 53.2 Å². The van der Waals surface area contributed by atoms with Gasteiger partial charge in [-0.15, -0.1) is 0 Å². The highest BCUT2D eigenvalue weighted by atomic mass is 16.6. The van der Waals surface area contributed by atoms with Gasteiger partial charge in [0.05, 0.1) is 11.2 Å². The molecule has 0 N–H and O–H groups in total. The standard InChI is InChI=1S/C13H9NO4/c15-12(13-2-1-9-18-13)8-5-10-3-6-11(7-4-10)14(16)17/h1-9H. The second kappa shape index (κ2) is 5.09. The molecule has 5 heteroatoms. The quantitative estimate of drug-likeness (QED) is 0.358. The van der Waals surface area contributed by atoms with Gasteiger partial charge < -0.3 is 4.42 Å². The van der Waals surface area contributed by atoms with E-state index in [1.54, 1.807) is 30.3 Å². The summed E-state index contributed by atoms with van der Waals surface area (Å²) >= 11 is 0. The van der Waals surface area contributed by atoms with Crippen molar-refractivity contribution >= 4 is 17.5 Å². The van der Waals surface area contributed by atoms with Crippen LogP contribution in [0.4, 0.5) is 5.69 Å². The van der Waals surface area contributed by atoms with Crippen LogP contribution in [0.1, 0.15) is 16.1 Å². The molecule has 0 bridgehead atoms. The average molecular weight is 243 g/mol. The van der Waals surface area contributed by atoms with Crippen LogP contribution in [0.3, 0.4) is 0 Å². The molecule has 0 amide bonds. The Morgan fingerprint density at radius 1 is 1.22 bits per heavy atom. The number of rotatable bonds is 4. The van der Waals surface area contributed by atoms with Crippen LogP contribution in [0.5, 0.6) is 0 Å². The summed E-state index contributed by atoms with van der Waals surface area (Å²) in [6.45, 7) is 0. The van der Waals surface area contributed by atoms with Crippen molar-refractivity contribution < 1.29 is 14.1 Å². The minimum absolute atomic E-state index is 0.0181. The number of nitro groups is 1. The van der Waals surface area contributed by atoms with Gasteiger partial charge in [-0.2, -0.15) is 0 Å². The first-order valence-corrected chi connectivity index (χ1v) is 5.17. The molecule has 1 aromatic carbocycles. The van der Waals surface area contributed by atoms with Crippen molar-refractivity contribution in [2.45, 2.75) is 0 Å². The van der Waals surface area contributed by atoms with Crippen molar-refractivity contribution in [3.63, 3.8) is 0 Å². The van der Waals surface area contributed by atoms with Crippen LogP contribution >= 0.6 is 0 Å². The molecular formula is C13H9NO4. The van der Waals surface area contributed by atoms with Crippen molar-refractivity contribution in [2.75, 3.05) is 0 Å². The summed E-state index contributed by atoms with van der Waals surface area (Å²) in [7, 11) is 0. The van der Waals surface area contributed by atoms with E-state index < -0.39 is 4.92 Å². The molecule has 0 saturated carbocycles. The summed E-state index contributed by atoms with van der Waals surface area (Å²) in [5, 5.41) is 10.5. The van der Waals surface area contributed by atoms with Gasteiger partial charge in [-0.3, -0.25) is 14.9 Å². The molecule has 90 valence electrons. The van der Waals surface area contributed by atoms with Gasteiger partial charge in [-0.05, 0) is 35.9 Å². The van der Waals surface area contributed by atoms with Gasteiger partial charge in [-0.1, -0.05) is 6.08 Å².